The summed E-state index contributed by atoms with van der Waals surface area (Å²) in [6.07, 6.45) is 6.90. The van der Waals surface area contributed by atoms with E-state index in [0.29, 0.717) is 104 Å². The van der Waals surface area contributed by atoms with E-state index in [1.165, 1.54) is 15.2 Å². The number of imide groups is 1. The normalized spacial score (nSPS) is 27.7. The number of ether oxygens (including phenoxy) is 1. The third kappa shape index (κ3) is 7.18. The van der Waals surface area contributed by atoms with Crippen molar-refractivity contribution in [2.45, 2.75) is 124 Å². The Bertz CT molecular complexity index is 2790. The predicted molar refractivity (Wildman–Crippen MR) is 246 cm³/mol. The molecule has 0 bridgehead atoms. The van der Waals surface area contributed by atoms with Gasteiger partial charge in [0.15, 0.2) is 0 Å². The molecule has 4 aromatic rings. The number of hydrogen-bond donors (Lipinski definition) is 4. The number of carbonyl (C=O) groups is 6. The molecule has 1 unspecified atom stereocenters. The highest BCUT2D eigenvalue weighted by atomic mass is 35.5. The zero-order valence-electron chi connectivity index (χ0n) is 37.0. The van der Waals surface area contributed by atoms with E-state index in [1.54, 1.807) is 54.4 Å². The van der Waals surface area contributed by atoms with Crippen LogP contribution in [0.15, 0.2) is 59.4 Å². The largest absolute Gasteiger partial charge is 0.456 e. The van der Waals surface area contributed by atoms with E-state index < -0.39 is 52.0 Å². The Hall–Kier alpha value is -5.58. The standard InChI is InChI=1S/C49H52Cl2FN7O8/c1-57-37-24-28(10-15-35(37)59(46(57)66)36-16-17-38(61)55-42(36)62)47(67-26-60)20-22-58(23-21-47)44(64)27-8-12-30(13-9-27)53-43(63)41-39(31-6-5-7-33(51)40(31)52)49(48(56-41)18-3-2-4-19-48)32-14-11-29(50)25-34(32)54-45(49)65/h5-7,10-11,14-15,24-27,30,36,39,41,56H,2-4,8-9,12-13,16-23H2,1H3,(H,53,63)(H,54,65)(H,55,61,62)/t27?,30?,36?,39-,41+,49+/m0/s1. The van der Waals surface area contributed by atoms with Crippen LogP contribution in [0.5, 0.6) is 0 Å². The fraction of sp³-hybridized carbons (Fsp3) is 0.490. The van der Waals surface area contributed by atoms with Crippen LogP contribution in [-0.4, -0.2) is 80.8 Å². The quantitative estimate of drug-likeness (QED) is 0.125. The third-order valence-electron chi connectivity index (χ3n) is 16.0. The molecule has 67 heavy (non-hydrogen) atoms. The molecule has 15 nitrogen and oxygen atoms in total. The average molecular weight is 957 g/mol. The van der Waals surface area contributed by atoms with Crippen LogP contribution < -0.4 is 27.0 Å². The van der Waals surface area contributed by atoms with Crippen molar-refractivity contribution >= 4 is 75.9 Å². The number of carbonyl (C=O) groups excluding carboxylic acids is 6. The smallest absolute Gasteiger partial charge is 0.329 e. The van der Waals surface area contributed by atoms with Crippen LogP contribution in [-0.2, 0) is 51.6 Å². The molecule has 3 saturated heterocycles. The van der Waals surface area contributed by atoms with Gasteiger partial charge in [-0.05, 0) is 92.0 Å². The topological polar surface area (TPSA) is 190 Å². The maximum atomic E-state index is 16.4. The zero-order valence-corrected chi connectivity index (χ0v) is 38.5. The van der Waals surface area contributed by atoms with E-state index in [1.807, 2.05) is 6.07 Å². The highest BCUT2D eigenvalue weighted by molar-refractivity contribution is 6.31. The molecule has 5 heterocycles. The maximum Gasteiger partial charge on any atom is 0.329 e. The van der Waals surface area contributed by atoms with E-state index in [0.717, 1.165) is 19.3 Å². The molecule has 4 aliphatic heterocycles. The number of nitrogens with zero attached hydrogens (tertiary/aromatic N) is 3. The molecule has 5 fully saturated rings. The second kappa shape index (κ2) is 17.2. The van der Waals surface area contributed by atoms with Gasteiger partial charge >= 0.3 is 5.69 Å². The molecule has 10 rings (SSSR count). The summed E-state index contributed by atoms with van der Waals surface area (Å²) in [5.74, 6) is -3.48. The minimum atomic E-state index is -1.34. The first-order valence-corrected chi connectivity index (χ1v) is 24.1. The van der Waals surface area contributed by atoms with Crippen molar-refractivity contribution in [3.05, 3.63) is 97.6 Å². The predicted octanol–water partition coefficient (Wildman–Crippen LogP) is 5.78. The minimum absolute atomic E-state index is 0.00945. The number of benzene rings is 3. The van der Waals surface area contributed by atoms with Crippen LogP contribution in [0, 0.1) is 11.7 Å². The summed E-state index contributed by atoms with van der Waals surface area (Å²) in [5.41, 5.74) is -0.568. The summed E-state index contributed by atoms with van der Waals surface area (Å²) >= 11 is 12.8. The minimum Gasteiger partial charge on any atom is -0.456 e. The molecule has 3 aromatic carbocycles. The molecule has 4 atom stereocenters. The highest BCUT2D eigenvalue weighted by Gasteiger charge is 2.72. The Kier molecular flexibility index (Phi) is 11.6. The molecular weight excluding hydrogens is 904 g/mol. The van der Waals surface area contributed by atoms with Crippen LogP contribution in [0.4, 0.5) is 10.1 Å². The lowest BCUT2D eigenvalue weighted by molar-refractivity contribution is -0.155. The molecular formula is C49H52Cl2FN7O8. The van der Waals surface area contributed by atoms with Gasteiger partial charge in [0, 0.05) is 73.5 Å². The van der Waals surface area contributed by atoms with Crippen molar-refractivity contribution < 1.29 is 37.9 Å². The third-order valence-corrected chi connectivity index (χ3v) is 16.5. The first-order chi connectivity index (χ1) is 32.2. The summed E-state index contributed by atoms with van der Waals surface area (Å²) in [5, 5.41) is 12.7. The average Bonchev–Trinajstić information content (AvgIpc) is 3.87. The maximum absolute atomic E-state index is 16.4. The van der Waals surface area contributed by atoms with E-state index in [9.17, 15) is 33.6 Å². The fourth-order valence-electron chi connectivity index (χ4n) is 12.8. The number of anilines is 1. The SMILES string of the molecule is Cn1c(=O)n(C2CCC(=O)NC2=O)c2ccc(C3(OC=O)CCN(C(=O)C4CCC(NC(=O)[C@@H]5NC6(CCCCC6)[C@@]6(C(=O)Nc7cc(Cl)ccc76)[C@H]5c5cccc(Cl)c5F)CC4)CC3)cc21. The molecule has 6 aliphatic rings. The number of halogens is 3. The summed E-state index contributed by atoms with van der Waals surface area (Å²) < 4.78 is 25.0. The van der Waals surface area contributed by atoms with Crippen LogP contribution in [0.2, 0.25) is 10.0 Å². The Labute approximate surface area is 395 Å². The van der Waals surface area contributed by atoms with Gasteiger partial charge in [-0.3, -0.25) is 48.5 Å². The number of likely N-dealkylation sites (tertiary alicyclic amines) is 1. The Morgan fingerprint density at radius 2 is 1.63 bits per heavy atom. The van der Waals surface area contributed by atoms with E-state index in [2.05, 4.69) is 21.3 Å². The number of aromatic nitrogens is 2. The Balaban J connectivity index is 0.837. The second-order valence-electron chi connectivity index (χ2n) is 19.3. The van der Waals surface area contributed by atoms with Crippen molar-refractivity contribution in [2.75, 3.05) is 18.4 Å². The van der Waals surface area contributed by atoms with Gasteiger partial charge in [-0.1, -0.05) is 66.7 Å². The van der Waals surface area contributed by atoms with Crippen molar-refractivity contribution in [1.82, 2.24) is 30.0 Å². The molecule has 2 aliphatic carbocycles. The number of nitrogens with one attached hydrogen (secondary N) is 4. The highest BCUT2D eigenvalue weighted by Crippen LogP contribution is 2.63. The van der Waals surface area contributed by atoms with Crippen molar-refractivity contribution in [3.63, 3.8) is 0 Å². The summed E-state index contributed by atoms with van der Waals surface area (Å²) in [7, 11) is 1.60. The van der Waals surface area contributed by atoms with Crippen LogP contribution in [0.3, 0.4) is 0 Å². The van der Waals surface area contributed by atoms with Crippen LogP contribution in [0.25, 0.3) is 11.0 Å². The second-order valence-corrected chi connectivity index (χ2v) is 20.2. The number of amides is 5. The van der Waals surface area contributed by atoms with Gasteiger partial charge in [0.05, 0.1) is 22.1 Å². The van der Waals surface area contributed by atoms with Gasteiger partial charge < -0.3 is 20.3 Å². The number of piperidine rings is 2. The van der Waals surface area contributed by atoms with Gasteiger partial charge in [0.2, 0.25) is 29.5 Å². The van der Waals surface area contributed by atoms with Gasteiger partial charge in [-0.15, -0.1) is 0 Å². The van der Waals surface area contributed by atoms with Crippen LogP contribution >= 0.6 is 23.2 Å². The molecule has 2 saturated carbocycles. The Morgan fingerprint density at radius 1 is 0.881 bits per heavy atom. The van der Waals surface area contributed by atoms with E-state index in [4.69, 9.17) is 27.9 Å². The molecule has 0 radical (unpaired) electrons. The Morgan fingerprint density at radius 3 is 2.34 bits per heavy atom. The van der Waals surface area contributed by atoms with Crippen molar-refractivity contribution in [1.29, 1.82) is 0 Å². The first kappa shape index (κ1) is 45.2. The molecule has 4 N–H and O–H groups in total. The van der Waals surface area contributed by atoms with Crippen LogP contribution in [0.1, 0.15) is 112 Å². The van der Waals surface area contributed by atoms with Crippen molar-refractivity contribution in [2.24, 2.45) is 13.0 Å². The van der Waals surface area contributed by atoms with Gasteiger partial charge in [-0.2, -0.15) is 0 Å². The molecule has 352 valence electrons. The van der Waals surface area contributed by atoms with Gasteiger partial charge in [0.25, 0.3) is 6.47 Å². The molecule has 2 spiro atoms. The monoisotopic (exact) mass is 955 g/mol. The van der Waals surface area contributed by atoms with Gasteiger partial charge in [0.1, 0.15) is 22.9 Å². The number of imidazole rings is 1. The van der Waals surface area contributed by atoms with Crippen molar-refractivity contribution in [3.8, 4) is 0 Å². The lowest BCUT2D eigenvalue weighted by atomic mass is 9.55. The number of aryl methyl sites for hydroxylation is 1. The number of rotatable bonds is 8. The van der Waals surface area contributed by atoms with Gasteiger partial charge in [-0.25, -0.2) is 9.18 Å². The summed E-state index contributed by atoms with van der Waals surface area (Å²) in [6.45, 7) is 1.05. The molecule has 5 amide bonds. The lowest BCUT2D eigenvalue weighted by Gasteiger charge is -2.47. The lowest BCUT2D eigenvalue weighted by Crippen LogP contribution is -2.60. The molecule has 18 heteroatoms. The van der Waals surface area contributed by atoms with E-state index >= 15 is 4.39 Å². The number of fused-ring (bicyclic) bond motifs is 4. The fourth-order valence-corrected chi connectivity index (χ4v) is 13.1. The first-order valence-electron chi connectivity index (χ1n) is 23.3. The number of hydrogen-bond acceptors (Lipinski definition) is 9. The summed E-state index contributed by atoms with van der Waals surface area (Å²) in [6, 6.07) is 13.2. The summed E-state index contributed by atoms with van der Waals surface area (Å²) in [4.78, 5) is 95.4. The molecule has 1 aromatic heterocycles. The zero-order chi connectivity index (χ0) is 47.0. The van der Waals surface area contributed by atoms with E-state index in [-0.39, 0.29) is 59.0 Å².